The summed E-state index contributed by atoms with van der Waals surface area (Å²) >= 11 is 6.02. The standard InChI is InChI=1S/C11H18ClN3O/c1-3-4-9-10(12)14-7-15-11(9)13-5-8(2)6-16/h7-8,16H,3-6H2,1-2H3,(H,13,14,15). The minimum Gasteiger partial charge on any atom is -0.396 e. The molecule has 0 bridgehead atoms. The lowest BCUT2D eigenvalue weighted by Crippen LogP contribution is -2.16. The molecule has 0 saturated carbocycles. The van der Waals surface area contributed by atoms with E-state index in [0.717, 1.165) is 24.2 Å². The first kappa shape index (κ1) is 13.2. The van der Waals surface area contributed by atoms with Gasteiger partial charge in [-0.3, -0.25) is 0 Å². The second kappa shape index (κ2) is 6.66. The highest BCUT2D eigenvalue weighted by Gasteiger charge is 2.09. The lowest BCUT2D eigenvalue weighted by atomic mass is 10.1. The normalized spacial score (nSPS) is 12.5. The predicted octanol–water partition coefficient (Wildman–Crippen LogP) is 2.12. The van der Waals surface area contributed by atoms with Crippen molar-refractivity contribution in [2.45, 2.75) is 26.7 Å². The van der Waals surface area contributed by atoms with E-state index in [1.807, 2.05) is 6.92 Å². The van der Waals surface area contributed by atoms with Gasteiger partial charge in [0.15, 0.2) is 0 Å². The third kappa shape index (κ3) is 3.61. The molecule has 1 heterocycles. The lowest BCUT2D eigenvalue weighted by molar-refractivity contribution is 0.244. The molecule has 0 spiro atoms. The molecular weight excluding hydrogens is 226 g/mol. The van der Waals surface area contributed by atoms with Gasteiger partial charge in [-0.05, 0) is 12.3 Å². The molecule has 1 aromatic heterocycles. The molecule has 0 aliphatic heterocycles. The number of aliphatic hydroxyl groups is 1. The Labute approximate surface area is 101 Å². The number of halogens is 1. The second-order valence-corrected chi connectivity index (χ2v) is 4.27. The van der Waals surface area contributed by atoms with Crippen LogP contribution in [0.4, 0.5) is 5.82 Å². The Bertz CT molecular complexity index is 333. The summed E-state index contributed by atoms with van der Waals surface area (Å²) in [6.07, 6.45) is 3.31. The highest BCUT2D eigenvalue weighted by molar-refractivity contribution is 6.30. The van der Waals surface area contributed by atoms with Gasteiger partial charge in [0.25, 0.3) is 0 Å². The largest absolute Gasteiger partial charge is 0.396 e. The Kier molecular flexibility index (Phi) is 5.49. The minimum atomic E-state index is 0.162. The zero-order valence-corrected chi connectivity index (χ0v) is 10.5. The van der Waals surface area contributed by atoms with E-state index in [1.165, 1.54) is 6.33 Å². The number of rotatable bonds is 6. The monoisotopic (exact) mass is 243 g/mol. The maximum Gasteiger partial charge on any atom is 0.137 e. The molecule has 0 amide bonds. The Morgan fingerprint density at radius 2 is 2.25 bits per heavy atom. The first-order valence-electron chi connectivity index (χ1n) is 5.53. The van der Waals surface area contributed by atoms with Gasteiger partial charge in [0.05, 0.1) is 0 Å². The lowest BCUT2D eigenvalue weighted by Gasteiger charge is -2.13. The van der Waals surface area contributed by atoms with Crippen molar-refractivity contribution in [1.82, 2.24) is 9.97 Å². The van der Waals surface area contributed by atoms with E-state index in [1.54, 1.807) is 0 Å². The van der Waals surface area contributed by atoms with Crippen molar-refractivity contribution < 1.29 is 5.11 Å². The average Bonchev–Trinajstić information content (AvgIpc) is 2.29. The quantitative estimate of drug-likeness (QED) is 0.752. The van der Waals surface area contributed by atoms with Gasteiger partial charge in [-0.25, -0.2) is 9.97 Å². The Morgan fingerprint density at radius 1 is 1.50 bits per heavy atom. The van der Waals surface area contributed by atoms with Crippen LogP contribution in [0.25, 0.3) is 0 Å². The van der Waals surface area contributed by atoms with Gasteiger partial charge in [0.1, 0.15) is 17.3 Å². The fraction of sp³-hybridized carbons (Fsp3) is 0.636. The summed E-state index contributed by atoms with van der Waals surface area (Å²) in [5, 5.41) is 12.6. The molecule has 1 aromatic rings. The molecule has 2 N–H and O–H groups in total. The number of hydrogen-bond donors (Lipinski definition) is 2. The highest BCUT2D eigenvalue weighted by atomic mass is 35.5. The summed E-state index contributed by atoms with van der Waals surface area (Å²) in [6, 6.07) is 0. The molecule has 0 aromatic carbocycles. The van der Waals surface area contributed by atoms with Crippen molar-refractivity contribution in [2.24, 2.45) is 5.92 Å². The van der Waals surface area contributed by atoms with Crippen LogP contribution in [0.1, 0.15) is 25.8 Å². The van der Waals surface area contributed by atoms with Crippen LogP contribution in [-0.2, 0) is 6.42 Å². The molecule has 1 unspecified atom stereocenters. The number of nitrogens with zero attached hydrogens (tertiary/aromatic N) is 2. The topological polar surface area (TPSA) is 58.0 Å². The molecule has 0 radical (unpaired) electrons. The molecule has 0 saturated heterocycles. The van der Waals surface area contributed by atoms with Crippen molar-refractivity contribution in [3.63, 3.8) is 0 Å². The van der Waals surface area contributed by atoms with E-state index in [0.29, 0.717) is 11.7 Å². The minimum absolute atomic E-state index is 0.162. The van der Waals surface area contributed by atoms with E-state index < -0.39 is 0 Å². The number of hydrogen-bond acceptors (Lipinski definition) is 4. The van der Waals surface area contributed by atoms with Gasteiger partial charge in [-0.15, -0.1) is 0 Å². The first-order chi connectivity index (χ1) is 7.69. The summed E-state index contributed by atoms with van der Waals surface area (Å²) < 4.78 is 0. The summed E-state index contributed by atoms with van der Waals surface area (Å²) in [4.78, 5) is 8.15. The van der Waals surface area contributed by atoms with Gasteiger partial charge >= 0.3 is 0 Å². The fourth-order valence-corrected chi connectivity index (χ4v) is 1.58. The molecule has 0 aliphatic carbocycles. The zero-order chi connectivity index (χ0) is 12.0. The van der Waals surface area contributed by atoms with Crippen molar-refractivity contribution in [1.29, 1.82) is 0 Å². The molecule has 16 heavy (non-hydrogen) atoms. The van der Waals surface area contributed by atoms with Crippen molar-refractivity contribution in [3.05, 3.63) is 17.0 Å². The predicted molar refractivity (Wildman–Crippen MR) is 65.8 cm³/mol. The highest BCUT2D eigenvalue weighted by Crippen LogP contribution is 2.21. The summed E-state index contributed by atoms with van der Waals surface area (Å²) in [6.45, 7) is 4.90. The number of aromatic nitrogens is 2. The number of anilines is 1. The Balaban J connectivity index is 2.74. The van der Waals surface area contributed by atoms with Crippen LogP contribution in [0.15, 0.2) is 6.33 Å². The van der Waals surface area contributed by atoms with Crippen LogP contribution in [0.3, 0.4) is 0 Å². The maximum atomic E-state index is 8.94. The SMILES string of the molecule is CCCc1c(Cl)ncnc1NCC(C)CO. The molecule has 1 rings (SSSR count). The van der Waals surface area contributed by atoms with Crippen LogP contribution in [-0.4, -0.2) is 28.2 Å². The van der Waals surface area contributed by atoms with Gasteiger partial charge in [-0.2, -0.15) is 0 Å². The molecule has 90 valence electrons. The molecule has 4 nitrogen and oxygen atoms in total. The van der Waals surface area contributed by atoms with E-state index in [9.17, 15) is 0 Å². The summed E-state index contributed by atoms with van der Waals surface area (Å²) in [5.74, 6) is 0.977. The summed E-state index contributed by atoms with van der Waals surface area (Å²) in [5.41, 5.74) is 0.955. The fourth-order valence-electron chi connectivity index (χ4n) is 1.35. The average molecular weight is 244 g/mol. The second-order valence-electron chi connectivity index (χ2n) is 3.91. The number of nitrogens with one attached hydrogen (secondary N) is 1. The number of aliphatic hydroxyl groups excluding tert-OH is 1. The van der Waals surface area contributed by atoms with E-state index in [2.05, 4.69) is 22.2 Å². The smallest absolute Gasteiger partial charge is 0.137 e. The summed E-state index contributed by atoms with van der Waals surface area (Å²) in [7, 11) is 0. The van der Waals surface area contributed by atoms with Crippen molar-refractivity contribution in [3.8, 4) is 0 Å². The van der Waals surface area contributed by atoms with Crippen LogP contribution in [0.2, 0.25) is 5.15 Å². The van der Waals surface area contributed by atoms with Crippen molar-refractivity contribution >= 4 is 17.4 Å². The first-order valence-corrected chi connectivity index (χ1v) is 5.90. The van der Waals surface area contributed by atoms with Crippen molar-refractivity contribution in [2.75, 3.05) is 18.5 Å². The molecule has 0 fully saturated rings. The van der Waals surface area contributed by atoms with Crippen LogP contribution in [0.5, 0.6) is 0 Å². The van der Waals surface area contributed by atoms with Gasteiger partial charge in [-0.1, -0.05) is 31.9 Å². The molecule has 5 heteroatoms. The Morgan fingerprint density at radius 3 is 2.88 bits per heavy atom. The van der Waals surface area contributed by atoms with Crippen LogP contribution in [0, 0.1) is 5.92 Å². The van der Waals surface area contributed by atoms with E-state index >= 15 is 0 Å². The molecule has 1 atom stereocenters. The maximum absolute atomic E-state index is 8.94. The molecule has 0 aliphatic rings. The van der Waals surface area contributed by atoms with E-state index in [-0.39, 0.29) is 12.5 Å². The van der Waals surface area contributed by atoms with Crippen LogP contribution >= 0.6 is 11.6 Å². The van der Waals surface area contributed by atoms with Gasteiger partial charge in [0, 0.05) is 18.7 Å². The zero-order valence-electron chi connectivity index (χ0n) is 9.70. The third-order valence-electron chi connectivity index (χ3n) is 2.32. The Hall–Kier alpha value is -0.870. The van der Waals surface area contributed by atoms with Gasteiger partial charge < -0.3 is 10.4 Å². The van der Waals surface area contributed by atoms with Crippen LogP contribution < -0.4 is 5.32 Å². The van der Waals surface area contributed by atoms with E-state index in [4.69, 9.17) is 16.7 Å². The molecular formula is C11H18ClN3O. The van der Waals surface area contributed by atoms with Gasteiger partial charge in [0.2, 0.25) is 0 Å². The third-order valence-corrected chi connectivity index (χ3v) is 2.65.